The Balaban J connectivity index is 3.04. The summed E-state index contributed by atoms with van der Waals surface area (Å²) >= 11 is 0. The first-order valence-corrected chi connectivity index (χ1v) is 4.66. The van der Waals surface area contributed by atoms with Crippen molar-refractivity contribution in [3.63, 3.8) is 0 Å². The number of hydrogen-bond donors (Lipinski definition) is 0. The summed E-state index contributed by atoms with van der Waals surface area (Å²) in [6.07, 6.45) is 9.99. The summed E-state index contributed by atoms with van der Waals surface area (Å²) in [5.74, 6) is 0. The molecule has 74 valence electrons. The molecule has 0 aliphatic carbocycles. The predicted molar refractivity (Wildman–Crippen MR) is 58.5 cm³/mol. The lowest BCUT2D eigenvalue weighted by Gasteiger charge is -2.08. The van der Waals surface area contributed by atoms with Gasteiger partial charge in [0.2, 0.25) is 0 Å². The van der Waals surface area contributed by atoms with Crippen molar-refractivity contribution in [3.8, 4) is 0 Å². The smallest absolute Gasteiger partial charge is 0.138 e. The number of nitrogens with zero attached hydrogens (tertiary/aromatic N) is 3. The third kappa shape index (κ3) is 2.19. The SMILES string of the molecule is C=C/C=C(CC)\C(=C/C)n1cncn1. The number of allylic oxidation sites excluding steroid dienone is 5. The molecule has 0 atom stereocenters. The molecule has 1 aromatic heterocycles. The van der Waals surface area contributed by atoms with E-state index in [2.05, 4.69) is 23.6 Å². The van der Waals surface area contributed by atoms with E-state index in [-0.39, 0.29) is 0 Å². The van der Waals surface area contributed by atoms with Crippen LogP contribution in [0.4, 0.5) is 0 Å². The van der Waals surface area contributed by atoms with E-state index in [9.17, 15) is 0 Å². The molecule has 3 heteroatoms. The molecule has 0 aromatic carbocycles. The Kier molecular flexibility index (Phi) is 3.85. The van der Waals surface area contributed by atoms with E-state index in [1.54, 1.807) is 17.1 Å². The lowest BCUT2D eigenvalue weighted by Crippen LogP contribution is -2.00. The molecule has 0 fully saturated rings. The highest BCUT2D eigenvalue weighted by Gasteiger charge is 2.03. The zero-order chi connectivity index (χ0) is 10.4. The van der Waals surface area contributed by atoms with E-state index in [4.69, 9.17) is 0 Å². The van der Waals surface area contributed by atoms with Crippen LogP contribution in [0.25, 0.3) is 5.70 Å². The second-order valence-electron chi connectivity index (χ2n) is 2.80. The number of aromatic nitrogens is 3. The number of hydrogen-bond acceptors (Lipinski definition) is 2. The van der Waals surface area contributed by atoms with Crippen molar-refractivity contribution < 1.29 is 0 Å². The molecule has 0 amide bonds. The Labute approximate surface area is 84.5 Å². The summed E-state index contributed by atoms with van der Waals surface area (Å²) in [5.41, 5.74) is 2.26. The van der Waals surface area contributed by atoms with Crippen LogP contribution in [-0.2, 0) is 0 Å². The van der Waals surface area contributed by atoms with E-state index in [0.717, 1.165) is 12.1 Å². The zero-order valence-electron chi connectivity index (χ0n) is 8.64. The Hall–Kier alpha value is -1.64. The van der Waals surface area contributed by atoms with Gasteiger partial charge < -0.3 is 0 Å². The maximum Gasteiger partial charge on any atom is 0.138 e. The van der Waals surface area contributed by atoms with Gasteiger partial charge in [-0.05, 0) is 18.9 Å². The lowest BCUT2D eigenvalue weighted by molar-refractivity contribution is 0.885. The molecule has 14 heavy (non-hydrogen) atoms. The van der Waals surface area contributed by atoms with E-state index < -0.39 is 0 Å². The van der Waals surface area contributed by atoms with Crippen LogP contribution in [0.2, 0.25) is 0 Å². The minimum Gasteiger partial charge on any atom is -0.223 e. The highest BCUT2D eigenvalue weighted by Crippen LogP contribution is 2.17. The van der Waals surface area contributed by atoms with Crippen LogP contribution in [-0.4, -0.2) is 14.8 Å². The Bertz CT molecular complexity index is 345. The lowest BCUT2D eigenvalue weighted by atomic mass is 10.1. The van der Waals surface area contributed by atoms with Gasteiger partial charge >= 0.3 is 0 Å². The van der Waals surface area contributed by atoms with E-state index in [0.29, 0.717) is 0 Å². The molecule has 1 rings (SSSR count). The van der Waals surface area contributed by atoms with E-state index >= 15 is 0 Å². The molecule has 3 nitrogen and oxygen atoms in total. The molecule has 0 aliphatic rings. The third-order valence-electron chi connectivity index (χ3n) is 1.97. The van der Waals surface area contributed by atoms with Gasteiger partial charge in [0.1, 0.15) is 12.7 Å². The average molecular weight is 189 g/mol. The molecule has 0 saturated carbocycles. The maximum absolute atomic E-state index is 4.10. The molecule has 0 saturated heterocycles. The molecular weight excluding hydrogens is 174 g/mol. The molecule has 0 unspecified atom stereocenters. The van der Waals surface area contributed by atoms with Crippen molar-refractivity contribution in [2.24, 2.45) is 0 Å². The summed E-state index contributed by atoms with van der Waals surface area (Å²) in [6, 6.07) is 0. The van der Waals surface area contributed by atoms with Crippen LogP contribution in [0.3, 0.4) is 0 Å². The van der Waals surface area contributed by atoms with Crippen molar-refractivity contribution >= 4 is 5.70 Å². The van der Waals surface area contributed by atoms with Gasteiger partial charge in [-0.2, -0.15) is 5.10 Å². The van der Waals surface area contributed by atoms with Crippen molar-refractivity contribution in [1.29, 1.82) is 0 Å². The van der Waals surface area contributed by atoms with Crippen LogP contribution in [0.1, 0.15) is 20.3 Å². The standard InChI is InChI=1S/C11H15N3/c1-4-7-10(5-2)11(6-3)14-9-12-8-13-14/h4,6-9H,1,5H2,2-3H3/b10-7-,11-6+. The Morgan fingerprint density at radius 3 is 2.79 bits per heavy atom. The molecule has 1 aromatic rings. The quantitative estimate of drug-likeness (QED) is 0.682. The molecule has 0 aliphatic heterocycles. The first kappa shape index (κ1) is 10.4. The fourth-order valence-electron chi connectivity index (χ4n) is 1.32. The molecule has 0 N–H and O–H groups in total. The van der Waals surface area contributed by atoms with Crippen LogP contribution in [0.15, 0.2) is 43.0 Å². The minimum absolute atomic E-state index is 0.950. The molecule has 0 radical (unpaired) electrons. The van der Waals surface area contributed by atoms with Crippen molar-refractivity contribution in [2.45, 2.75) is 20.3 Å². The largest absolute Gasteiger partial charge is 0.223 e. The van der Waals surface area contributed by atoms with Gasteiger partial charge in [0, 0.05) is 0 Å². The van der Waals surface area contributed by atoms with E-state index in [1.807, 2.05) is 19.1 Å². The summed E-state index contributed by atoms with van der Waals surface area (Å²) in [5, 5.41) is 4.10. The zero-order valence-corrected chi connectivity index (χ0v) is 8.64. The van der Waals surface area contributed by atoms with Gasteiger partial charge in [0.25, 0.3) is 0 Å². The van der Waals surface area contributed by atoms with Crippen LogP contribution in [0, 0.1) is 0 Å². The second-order valence-corrected chi connectivity index (χ2v) is 2.80. The van der Waals surface area contributed by atoms with Gasteiger partial charge in [-0.15, -0.1) is 0 Å². The van der Waals surface area contributed by atoms with Crippen LogP contribution in [0.5, 0.6) is 0 Å². The molecule has 0 bridgehead atoms. The third-order valence-corrected chi connectivity index (χ3v) is 1.97. The average Bonchev–Trinajstić information content (AvgIpc) is 2.71. The minimum atomic E-state index is 0.950. The monoisotopic (exact) mass is 189 g/mol. The Morgan fingerprint density at radius 2 is 2.36 bits per heavy atom. The summed E-state index contributed by atoms with van der Waals surface area (Å²) in [7, 11) is 0. The number of rotatable bonds is 4. The maximum atomic E-state index is 4.10. The molecule has 0 spiro atoms. The van der Waals surface area contributed by atoms with Crippen molar-refractivity contribution in [2.75, 3.05) is 0 Å². The molecular formula is C11H15N3. The first-order chi connectivity index (χ1) is 6.83. The van der Waals surface area contributed by atoms with Crippen LogP contribution < -0.4 is 0 Å². The highest BCUT2D eigenvalue weighted by atomic mass is 15.3. The summed E-state index contributed by atoms with van der Waals surface area (Å²) < 4.78 is 1.76. The second kappa shape index (κ2) is 5.17. The van der Waals surface area contributed by atoms with Crippen LogP contribution >= 0.6 is 0 Å². The molecule has 1 heterocycles. The predicted octanol–water partition coefficient (Wildman–Crippen LogP) is 2.66. The summed E-state index contributed by atoms with van der Waals surface area (Å²) in [6.45, 7) is 7.79. The fourth-order valence-corrected chi connectivity index (χ4v) is 1.32. The normalized spacial score (nSPS) is 13.0. The first-order valence-electron chi connectivity index (χ1n) is 4.66. The Morgan fingerprint density at radius 1 is 1.57 bits per heavy atom. The van der Waals surface area contributed by atoms with Gasteiger partial charge in [0.05, 0.1) is 5.70 Å². The summed E-state index contributed by atoms with van der Waals surface area (Å²) in [4.78, 5) is 3.93. The fraction of sp³-hybridized carbons (Fsp3) is 0.273. The topological polar surface area (TPSA) is 30.7 Å². The highest BCUT2D eigenvalue weighted by molar-refractivity contribution is 5.63. The van der Waals surface area contributed by atoms with Gasteiger partial charge in [-0.3, -0.25) is 0 Å². The van der Waals surface area contributed by atoms with Gasteiger partial charge in [0.15, 0.2) is 0 Å². The van der Waals surface area contributed by atoms with Crippen molar-refractivity contribution in [3.05, 3.63) is 43.0 Å². The van der Waals surface area contributed by atoms with E-state index in [1.165, 1.54) is 11.9 Å². The van der Waals surface area contributed by atoms with Gasteiger partial charge in [-0.25, -0.2) is 9.67 Å². The van der Waals surface area contributed by atoms with Crippen molar-refractivity contribution in [1.82, 2.24) is 14.8 Å². The van der Waals surface area contributed by atoms with Gasteiger partial charge in [-0.1, -0.05) is 31.7 Å².